The molecule has 0 bridgehead atoms. The number of furan rings is 1. The summed E-state index contributed by atoms with van der Waals surface area (Å²) in [4.78, 5) is 38.9. The molecule has 4 amide bonds. The van der Waals surface area contributed by atoms with Gasteiger partial charge >= 0.3 is 6.03 Å². The molecule has 4 rings (SSSR count). The van der Waals surface area contributed by atoms with Crippen LogP contribution in [-0.2, 0) is 22.2 Å². The first-order valence-corrected chi connectivity index (χ1v) is 9.14. The summed E-state index contributed by atoms with van der Waals surface area (Å²) < 4.78 is 7.43. The van der Waals surface area contributed by atoms with Crippen molar-refractivity contribution in [2.45, 2.75) is 26.3 Å². The maximum atomic E-state index is 13.0. The predicted molar refractivity (Wildman–Crippen MR) is 105 cm³/mol. The summed E-state index contributed by atoms with van der Waals surface area (Å²) in [6.45, 7) is 4.75. The van der Waals surface area contributed by atoms with Crippen LogP contribution in [-0.4, -0.2) is 39.1 Å². The van der Waals surface area contributed by atoms with Crippen molar-refractivity contribution in [2.75, 3.05) is 11.9 Å². The Morgan fingerprint density at radius 2 is 2.00 bits per heavy atom. The van der Waals surface area contributed by atoms with Gasteiger partial charge in [0.1, 0.15) is 17.9 Å². The summed E-state index contributed by atoms with van der Waals surface area (Å²) in [5.41, 5.74) is 1.24. The molecule has 2 aromatic heterocycles. The fourth-order valence-electron chi connectivity index (χ4n) is 3.51. The molecule has 0 saturated carbocycles. The molecule has 150 valence electrons. The maximum absolute atomic E-state index is 13.0. The molecule has 1 atom stereocenters. The third-order valence-corrected chi connectivity index (χ3v) is 5.27. The molecule has 1 aliphatic rings. The minimum atomic E-state index is -1.38. The Morgan fingerprint density at radius 3 is 2.66 bits per heavy atom. The van der Waals surface area contributed by atoms with Crippen molar-refractivity contribution < 1.29 is 18.8 Å². The number of para-hydroxylation sites is 1. The lowest BCUT2D eigenvalue weighted by molar-refractivity contribution is -0.134. The van der Waals surface area contributed by atoms with E-state index in [1.807, 2.05) is 25.1 Å². The van der Waals surface area contributed by atoms with Crippen LogP contribution in [0.3, 0.4) is 0 Å². The van der Waals surface area contributed by atoms with Gasteiger partial charge in [-0.2, -0.15) is 5.10 Å². The summed E-state index contributed by atoms with van der Waals surface area (Å²) >= 11 is 0. The summed E-state index contributed by atoms with van der Waals surface area (Å²) in [5, 5.41) is 10.4. The van der Waals surface area contributed by atoms with Gasteiger partial charge in [0.2, 0.25) is 5.91 Å². The van der Waals surface area contributed by atoms with E-state index >= 15 is 0 Å². The Balaban J connectivity index is 1.55. The second-order valence-corrected chi connectivity index (χ2v) is 7.31. The van der Waals surface area contributed by atoms with Gasteiger partial charge in [0.25, 0.3) is 5.91 Å². The highest BCUT2D eigenvalue weighted by molar-refractivity contribution is 6.10. The van der Waals surface area contributed by atoms with E-state index in [9.17, 15) is 14.4 Å². The molecule has 9 nitrogen and oxygen atoms in total. The van der Waals surface area contributed by atoms with Gasteiger partial charge in [-0.3, -0.25) is 19.2 Å². The van der Waals surface area contributed by atoms with E-state index in [0.29, 0.717) is 22.7 Å². The number of amides is 4. The Hall–Kier alpha value is -3.62. The van der Waals surface area contributed by atoms with E-state index in [1.54, 1.807) is 37.7 Å². The molecule has 0 radical (unpaired) electrons. The molecule has 1 saturated heterocycles. The van der Waals surface area contributed by atoms with Crippen molar-refractivity contribution >= 4 is 34.5 Å². The van der Waals surface area contributed by atoms with Crippen molar-refractivity contribution in [1.82, 2.24) is 20.0 Å². The lowest BCUT2D eigenvalue weighted by atomic mass is 9.99. The van der Waals surface area contributed by atoms with Gasteiger partial charge in [0.05, 0.1) is 17.1 Å². The quantitative estimate of drug-likeness (QED) is 0.658. The number of fused-ring (bicyclic) bond motifs is 1. The molecule has 1 aliphatic heterocycles. The number of aromatic nitrogens is 2. The standard InChI is InChI=1S/C20H21N5O4/c1-11-17(12(2)24(4)23-11)21-16(26)10-25-18(27)20(3,22-19(25)28)15-9-13-7-5-6-8-14(13)29-15/h5-9H,10H2,1-4H3,(H,21,26)(H,22,28). The number of urea groups is 1. The molecule has 0 aliphatic carbocycles. The number of aryl methyl sites for hydroxylation is 2. The first kappa shape index (κ1) is 18.7. The summed E-state index contributed by atoms with van der Waals surface area (Å²) in [5.74, 6) is -0.711. The Morgan fingerprint density at radius 1 is 1.28 bits per heavy atom. The number of rotatable bonds is 4. The first-order valence-electron chi connectivity index (χ1n) is 9.14. The highest BCUT2D eigenvalue weighted by Crippen LogP contribution is 2.33. The lowest BCUT2D eigenvalue weighted by Gasteiger charge is -2.18. The van der Waals surface area contributed by atoms with Crippen LogP contribution in [0.15, 0.2) is 34.7 Å². The number of nitrogens with zero attached hydrogens (tertiary/aromatic N) is 3. The number of anilines is 1. The third kappa shape index (κ3) is 2.95. The zero-order valence-electron chi connectivity index (χ0n) is 16.6. The van der Waals surface area contributed by atoms with Crippen molar-refractivity contribution in [3.8, 4) is 0 Å². The predicted octanol–water partition coefficient (Wildman–Crippen LogP) is 2.19. The van der Waals surface area contributed by atoms with E-state index in [4.69, 9.17) is 4.42 Å². The van der Waals surface area contributed by atoms with Gasteiger partial charge in [-0.25, -0.2) is 4.79 Å². The van der Waals surface area contributed by atoms with Crippen molar-refractivity contribution in [3.63, 3.8) is 0 Å². The monoisotopic (exact) mass is 395 g/mol. The largest absolute Gasteiger partial charge is 0.458 e. The van der Waals surface area contributed by atoms with Gasteiger partial charge < -0.3 is 15.1 Å². The average molecular weight is 395 g/mol. The average Bonchev–Trinajstić information content (AvgIpc) is 3.28. The van der Waals surface area contributed by atoms with Gasteiger partial charge in [0, 0.05) is 12.4 Å². The molecular formula is C20H21N5O4. The van der Waals surface area contributed by atoms with Crippen molar-refractivity contribution in [2.24, 2.45) is 7.05 Å². The van der Waals surface area contributed by atoms with Gasteiger partial charge in [-0.15, -0.1) is 0 Å². The van der Waals surface area contributed by atoms with Crippen LogP contribution in [0.4, 0.5) is 10.5 Å². The summed E-state index contributed by atoms with van der Waals surface area (Å²) in [6, 6.07) is 8.40. The number of imide groups is 1. The smallest absolute Gasteiger partial charge is 0.325 e. The molecule has 1 aromatic carbocycles. The molecular weight excluding hydrogens is 374 g/mol. The zero-order valence-corrected chi connectivity index (χ0v) is 16.6. The molecule has 1 fully saturated rings. The minimum Gasteiger partial charge on any atom is -0.458 e. The van der Waals surface area contributed by atoms with Crippen LogP contribution in [0.25, 0.3) is 11.0 Å². The fourth-order valence-corrected chi connectivity index (χ4v) is 3.51. The van der Waals surface area contributed by atoms with Crippen molar-refractivity contribution in [3.05, 3.63) is 47.5 Å². The number of carbonyl (C=O) groups excluding carboxylic acids is 3. The van der Waals surface area contributed by atoms with Gasteiger partial charge in [-0.1, -0.05) is 18.2 Å². The van der Waals surface area contributed by atoms with Crippen molar-refractivity contribution in [1.29, 1.82) is 0 Å². The van der Waals surface area contributed by atoms with Gasteiger partial charge in [0.15, 0.2) is 5.54 Å². The highest BCUT2D eigenvalue weighted by Gasteiger charge is 2.51. The Labute approximate surface area is 166 Å². The van der Waals surface area contributed by atoms with Crippen LogP contribution < -0.4 is 10.6 Å². The molecule has 2 N–H and O–H groups in total. The number of hydrogen-bond donors (Lipinski definition) is 2. The second kappa shape index (κ2) is 6.47. The van der Waals surface area contributed by atoms with E-state index in [0.717, 1.165) is 16.0 Å². The normalized spacial score (nSPS) is 19.1. The third-order valence-electron chi connectivity index (χ3n) is 5.27. The van der Waals surface area contributed by atoms with Crippen LogP contribution >= 0.6 is 0 Å². The maximum Gasteiger partial charge on any atom is 0.325 e. The summed E-state index contributed by atoms with van der Waals surface area (Å²) in [7, 11) is 1.77. The van der Waals surface area contributed by atoms with E-state index in [-0.39, 0.29) is 0 Å². The Kier molecular flexibility index (Phi) is 4.18. The zero-order chi connectivity index (χ0) is 20.9. The number of carbonyl (C=O) groups is 3. The fraction of sp³-hybridized carbons (Fsp3) is 0.300. The number of nitrogens with one attached hydrogen (secondary N) is 2. The second-order valence-electron chi connectivity index (χ2n) is 7.31. The minimum absolute atomic E-state index is 0.318. The SMILES string of the molecule is Cc1nn(C)c(C)c1NC(=O)CN1C(=O)NC(C)(c2cc3ccccc3o2)C1=O. The van der Waals surface area contributed by atoms with E-state index in [2.05, 4.69) is 15.7 Å². The van der Waals surface area contributed by atoms with Gasteiger partial charge in [-0.05, 0) is 32.9 Å². The first-order chi connectivity index (χ1) is 13.7. The molecule has 0 spiro atoms. The van der Waals surface area contributed by atoms with Crippen LogP contribution in [0.2, 0.25) is 0 Å². The highest BCUT2D eigenvalue weighted by atomic mass is 16.3. The van der Waals surface area contributed by atoms with Crippen LogP contribution in [0, 0.1) is 13.8 Å². The molecule has 3 heterocycles. The topological polar surface area (TPSA) is 109 Å². The molecule has 29 heavy (non-hydrogen) atoms. The van der Waals surface area contributed by atoms with Crippen LogP contribution in [0.5, 0.6) is 0 Å². The Bertz CT molecular complexity index is 1130. The van der Waals surface area contributed by atoms with E-state index < -0.39 is 29.9 Å². The molecule has 9 heteroatoms. The number of hydrogen-bond acceptors (Lipinski definition) is 5. The summed E-state index contributed by atoms with van der Waals surface area (Å²) in [6.07, 6.45) is 0. The molecule has 3 aromatic rings. The molecule has 1 unspecified atom stereocenters. The lowest BCUT2D eigenvalue weighted by Crippen LogP contribution is -2.42. The number of benzene rings is 1. The van der Waals surface area contributed by atoms with Crippen LogP contribution in [0.1, 0.15) is 24.1 Å². The van der Waals surface area contributed by atoms with E-state index in [1.165, 1.54) is 0 Å².